The van der Waals surface area contributed by atoms with Gasteiger partial charge in [0.1, 0.15) is 0 Å². The predicted molar refractivity (Wildman–Crippen MR) is 74.6 cm³/mol. The minimum Gasteiger partial charge on any atom is -0.384 e. The van der Waals surface area contributed by atoms with E-state index in [0.717, 1.165) is 25.6 Å². The summed E-state index contributed by atoms with van der Waals surface area (Å²) in [6.07, 6.45) is 2.56. The second-order valence-corrected chi connectivity index (χ2v) is 5.01. The zero-order chi connectivity index (χ0) is 12.1. The number of hydrogen-bond acceptors (Lipinski definition) is 2. The summed E-state index contributed by atoms with van der Waals surface area (Å²) in [7, 11) is 0. The molecule has 0 amide bonds. The van der Waals surface area contributed by atoms with E-state index < -0.39 is 0 Å². The van der Waals surface area contributed by atoms with E-state index in [4.69, 9.17) is 0 Å². The number of fused-ring (bicyclic) bond motifs is 1. The number of anilines is 1. The fraction of sp³-hybridized carbons (Fsp3) is 0.600. The van der Waals surface area contributed by atoms with Gasteiger partial charge in [-0.2, -0.15) is 0 Å². The maximum atomic E-state index is 3.63. The molecule has 2 heteroatoms. The van der Waals surface area contributed by atoms with Crippen molar-refractivity contribution in [2.75, 3.05) is 25.0 Å². The normalized spacial score (nSPS) is 18.2. The Bertz CT molecular complexity index is 345. The van der Waals surface area contributed by atoms with Crippen LogP contribution in [0.5, 0.6) is 0 Å². The molecule has 0 saturated carbocycles. The third-order valence-corrected chi connectivity index (χ3v) is 3.92. The van der Waals surface area contributed by atoms with Gasteiger partial charge in [-0.1, -0.05) is 44.9 Å². The molecule has 1 aliphatic rings. The molecule has 1 aliphatic heterocycles. The SMILES string of the molecule is CCC(CC)CNCC1CNc2ccccc21. The van der Waals surface area contributed by atoms with E-state index in [-0.39, 0.29) is 0 Å². The van der Waals surface area contributed by atoms with Crippen molar-refractivity contribution in [3.8, 4) is 0 Å². The molecule has 0 bridgehead atoms. The highest BCUT2D eigenvalue weighted by Gasteiger charge is 2.20. The summed E-state index contributed by atoms with van der Waals surface area (Å²) >= 11 is 0. The average Bonchev–Trinajstić information content (AvgIpc) is 2.78. The lowest BCUT2D eigenvalue weighted by molar-refractivity contribution is 0.442. The van der Waals surface area contributed by atoms with Gasteiger partial charge in [-0.15, -0.1) is 0 Å². The zero-order valence-electron chi connectivity index (χ0n) is 11.0. The summed E-state index contributed by atoms with van der Waals surface area (Å²) in [5.41, 5.74) is 2.80. The highest BCUT2D eigenvalue weighted by molar-refractivity contribution is 5.57. The molecule has 1 unspecified atom stereocenters. The average molecular weight is 232 g/mol. The van der Waals surface area contributed by atoms with Gasteiger partial charge in [0.15, 0.2) is 0 Å². The molecule has 1 atom stereocenters. The van der Waals surface area contributed by atoms with Crippen LogP contribution >= 0.6 is 0 Å². The molecule has 94 valence electrons. The van der Waals surface area contributed by atoms with E-state index in [1.807, 2.05) is 0 Å². The van der Waals surface area contributed by atoms with Gasteiger partial charge >= 0.3 is 0 Å². The molecule has 1 aromatic rings. The van der Waals surface area contributed by atoms with Gasteiger partial charge in [0, 0.05) is 24.7 Å². The van der Waals surface area contributed by atoms with Crippen LogP contribution in [0.1, 0.15) is 38.2 Å². The van der Waals surface area contributed by atoms with E-state index >= 15 is 0 Å². The molecular weight excluding hydrogens is 208 g/mol. The second kappa shape index (κ2) is 6.06. The Morgan fingerprint density at radius 2 is 2.06 bits per heavy atom. The van der Waals surface area contributed by atoms with Crippen molar-refractivity contribution in [3.05, 3.63) is 29.8 Å². The Morgan fingerprint density at radius 1 is 1.29 bits per heavy atom. The predicted octanol–water partition coefficient (Wildman–Crippen LogP) is 3.22. The van der Waals surface area contributed by atoms with Gasteiger partial charge in [0.2, 0.25) is 0 Å². The molecular formula is C15H24N2. The fourth-order valence-electron chi connectivity index (χ4n) is 2.58. The molecule has 0 aromatic heterocycles. The van der Waals surface area contributed by atoms with Crippen LogP contribution in [0.3, 0.4) is 0 Å². The number of benzene rings is 1. The van der Waals surface area contributed by atoms with Crippen molar-refractivity contribution in [3.63, 3.8) is 0 Å². The van der Waals surface area contributed by atoms with Crippen LogP contribution in [-0.4, -0.2) is 19.6 Å². The maximum Gasteiger partial charge on any atom is 0.0376 e. The maximum absolute atomic E-state index is 3.63. The van der Waals surface area contributed by atoms with Crippen molar-refractivity contribution in [2.45, 2.75) is 32.6 Å². The Balaban J connectivity index is 1.82. The van der Waals surface area contributed by atoms with Crippen molar-refractivity contribution in [1.82, 2.24) is 5.32 Å². The Hall–Kier alpha value is -1.02. The lowest BCUT2D eigenvalue weighted by Crippen LogP contribution is -2.27. The van der Waals surface area contributed by atoms with Crippen LogP contribution in [0, 0.1) is 5.92 Å². The standard InChI is InChI=1S/C15H24N2/c1-3-12(4-2)9-16-10-13-11-17-15-8-6-5-7-14(13)15/h5-8,12-13,16-17H,3-4,9-11H2,1-2H3. The summed E-state index contributed by atoms with van der Waals surface area (Å²) in [5, 5.41) is 7.11. The summed E-state index contributed by atoms with van der Waals surface area (Å²) in [6.45, 7) is 7.89. The van der Waals surface area contributed by atoms with Crippen molar-refractivity contribution < 1.29 is 0 Å². The number of nitrogens with one attached hydrogen (secondary N) is 2. The van der Waals surface area contributed by atoms with Crippen LogP contribution in [0.4, 0.5) is 5.69 Å². The lowest BCUT2D eigenvalue weighted by Gasteiger charge is -2.16. The Morgan fingerprint density at radius 3 is 2.82 bits per heavy atom. The van der Waals surface area contributed by atoms with Crippen molar-refractivity contribution in [2.24, 2.45) is 5.92 Å². The van der Waals surface area contributed by atoms with Crippen LogP contribution in [-0.2, 0) is 0 Å². The van der Waals surface area contributed by atoms with Gasteiger partial charge in [-0.3, -0.25) is 0 Å². The van der Waals surface area contributed by atoms with Crippen LogP contribution in [0.2, 0.25) is 0 Å². The zero-order valence-corrected chi connectivity index (χ0v) is 11.0. The molecule has 17 heavy (non-hydrogen) atoms. The van der Waals surface area contributed by atoms with E-state index in [0.29, 0.717) is 5.92 Å². The molecule has 0 spiro atoms. The van der Waals surface area contributed by atoms with Crippen molar-refractivity contribution >= 4 is 5.69 Å². The molecule has 2 nitrogen and oxygen atoms in total. The fourth-order valence-corrected chi connectivity index (χ4v) is 2.58. The van der Waals surface area contributed by atoms with Gasteiger partial charge in [-0.25, -0.2) is 0 Å². The largest absolute Gasteiger partial charge is 0.384 e. The molecule has 2 rings (SSSR count). The van der Waals surface area contributed by atoms with Gasteiger partial charge in [-0.05, 0) is 24.1 Å². The molecule has 1 heterocycles. The van der Waals surface area contributed by atoms with E-state index in [2.05, 4.69) is 48.7 Å². The van der Waals surface area contributed by atoms with E-state index in [9.17, 15) is 0 Å². The first kappa shape index (κ1) is 12.4. The third kappa shape index (κ3) is 3.01. The minimum atomic E-state index is 0.639. The summed E-state index contributed by atoms with van der Waals surface area (Å²) in [6, 6.07) is 8.67. The topological polar surface area (TPSA) is 24.1 Å². The highest BCUT2D eigenvalue weighted by Crippen LogP contribution is 2.30. The smallest absolute Gasteiger partial charge is 0.0376 e. The lowest BCUT2D eigenvalue weighted by atomic mass is 10.00. The van der Waals surface area contributed by atoms with E-state index in [1.54, 1.807) is 0 Å². The summed E-state index contributed by atoms with van der Waals surface area (Å²) in [4.78, 5) is 0. The number of rotatable bonds is 6. The Kier molecular flexibility index (Phi) is 4.43. The first-order valence-corrected chi connectivity index (χ1v) is 6.88. The minimum absolute atomic E-state index is 0.639. The number of hydrogen-bond donors (Lipinski definition) is 2. The van der Waals surface area contributed by atoms with Crippen LogP contribution in [0.15, 0.2) is 24.3 Å². The first-order chi connectivity index (χ1) is 8.35. The van der Waals surface area contributed by atoms with Crippen LogP contribution in [0.25, 0.3) is 0 Å². The molecule has 0 saturated heterocycles. The van der Waals surface area contributed by atoms with Gasteiger partial charge in [0.05, 0.1) is 0 Å². The number of para-hydroxylation sites is 1. The molecule has 1 aromatic carbocycles. The van der Waals surface area contributed by atoms with Gasteiger partial charge < -0.3 is 10.6 Å². The third-order valence-electron chi connectivity index (χ3n) is 3.92. The molecule has 2 N–H and O–H groups in total. The highest BCUT2D eigenvalue weighted by atomic mass is 14.9. The molecule has 0 fully saturated rings. The second-order valence-electron chi connectivity index (χ2n) is 5.01. The first-order valence-electron chi connectivity index (χ1n) is 6.88. The monoisotopic (exact) mass is 232 g/mol. The summed E-state index contributed by atoms with van der Waals surface area (Å²) < 4.78 is 0. The molecule has 0 radical (unpaired) electrons. The molecule has 0 aliphatic carbocycles. The van der Waals surface area contributed by atoms with Crippen LogP contribution < -0.4 is 10.6 Å². The quantitative estimate of drug-likeness (QED) is 0.787. The van der Waals surface area contributed by atoms with Gasteiger partial charge in [0.25, 0.3) is 0 Å². The summed E-state index contributed by atoms with van der Waals surface area (Å²) in [5.74, 6) is 1.47. The van der Waals surface area contributed by atoms with E-state index in [1.165, 1.54) is 24.1 Å². The van der Waals surface area contributed by atoms with Crippen molar-refractivity contribution in [1.29, 1.82) is 0 Å². The Labute approximate surface area is 105 Å².